The summed E-state index contributed by atoms with van der Waals surface area (Å²) < 4.78 is 82.8. The topological polar surface area (TPSA) is 21.3 Å². The fraction of sp³-hybridized carbons (Fsp3) is 0.385. The number of aryl methyl sites for hydroxylation is 1. The molecule has 2 aromatic rings. The van der Waals surface area contributed by atoms with Crippen molar-refractivity contribution < 1.29 is 31.1 Å². The van der Waals surface area contributed by atoms with Crippen LogP contribution in [0.3, 0.4) is 0 Å². The zero-order valence-corrected chi connectivity index (χ0v) is 21.0. The van der Waals surface area contributed by atoms with Gasteiger partial charge in [-0.2, -0.15) is 26.3 Å². The highest BCUT2D eigenvalue weighted by molar-refractivity contribution is 7.12. The van der Waals surface area contributed by atoms with Gasteiger partial charge in [0.1, 0.15) is 11.9 Å². The van der Waals surface area contributed by atoms with Gasteiger partial charge in [-0.3, -0.25) is 0 Å². The molecule has 0 aliphatic heterocycles. The van der Waals surface area contributed by atoms with E-state index in [1.807, 2.05) is 32.9 Å². The molecule has 2 nitrogen and oxygen atoms in total. The third-order valence-corrected chi connectivity index (χ3v) is 6.13. The molecule has 2 rings (SSSR count). The van der Waals surface area contributed by atoms with Crippen molar-refractivity contribution in [2.75, 3.05) is 13.1 Å². The van der Waals surface area contributed by atoms with Crippen LogP contribution in [0.4, 0.5) is 26.3 Å². The summed E-state index contributed by atoms with van der Waals surface area (Å²) in [6, 6.07) is 8.60. The molecule has 0 spiro atoms. The van der Waals surface area contributed by atoms with E-state index in [-0.39, 0.29) is 6.54 Å². The van der Waals surface area contributed by atoms with Crippen LogP contribution in [0.15, 0.2) is 65.5 Å². The molecular weight excluding hydrogens is 488 g/mol. The lowest BCUT2D eigenvalue weighted by atomic mass is 10.00. The Bertz CT molecular complexity index is 1070. The highest BCUT2D eigenvalue weighted by atomic mass is 32.1. The lowest BCUT2D eigenvalue weighted by molar-refractivity contribution is -0.137. The van der Waals surface area contributed by atoms with Gasteiger partial charge in [0.2, 0.25) is 0 Å². The number of ether oxygens (including phenoxy) is 1. The van der Waals surface area contributed by atoms with Crippen LogP contribution < -0.4 is 5.32 Å². The van der Waals surface area contributed by atoms with Crippen LogP contribution in [-0.2, 0) is 10.9 Å². The van der Waals surface area contributed by atoms with E-state index in [9.17, 15) is 26.3 Å². The summed E-state index contributed by atoms with van der Waals surface area (Å²) >= 11 is 1.44. The lowest BCUT2D eigenvalue weighted by Gasteiger charge is -2.21. The number of hydrogen-bond donors (Lipinski definition) is 1. The van der Waals surface area contributed by atoms with Gasteiger partial charge in [0.05, 0.1) is 12.1 Å². The molecule has 1 unspecified atom stereocenters. The molecule has 0 saturated heterocycles. The minimum atomic E-state index is -4.41. The van der Waals surface area contributed by atoms with Crippen molar-refractivity contribution in [1.82, 2.24) is 5.32 Å². The first kappa shape index (κ1) is 28.7. The average molecular weight is 518 g/mol. The van der Waals surface area contributed by atoms with Crippen LogP contribution in [-0.4, -0.2) is 19.3 Å². The van der Waals surface area contributed by atoms with Crippen LogP contribution in [0.25, 0.3) is 5.57 Å². The molecule has 35 heavy (non-hydrogen) atoms. The Hall–Kier alpha value is -2.52. The number of alkyl halides is 6. The summed E-state index contributed by atoms with van der Waals surface area (Å²) in [5.74, 6) is 0.443. The van der Waals surface area contributed by atoms with Crippen molar-refractivity contribution in [1.29, 1.82) is 0 Å². The van der Waals surface area contributed by atoms with E-state index < -0.39 is 30.6 Å². The maximum atomic E-state index is 12.9. The second-order valence-corrected chi connectivity index (χ2v) is 9.77. The Balaban J connectivity index is 2.36. The molecule has 0 radical (unpaired) electrons. The molecule has 9 heteroatoms. The summed E-state index contributed by atoms with van der Waals surface area (Å²) in [5, 5.41) is 2.42. The first-order valence-electron chi connectivity index (χ1n) is 10.9. The van der Waals surface area contributed by atoms with Gasteiger partial charge in [-0.25, -0.2) is 0 Å². The molecule has 1 aromatic heterocycles. The maximum absolute atomic E-state index is 12.9. The fourth-order valence-corrected chi connectivity index (χ4v) is 4.10. The highest BCUT2D eigenvalue weighted by Gasteiger charge is 2.30. The number of benzene rings is 1. The number of nitrogens with one attached hydrogen (secondary N) is 1. The van der Waals surface area contributed by atoms with Crippen molar-refractivity contribution in [3.05, 3.63) is 86.3 Å². The molecule has 1 N–H and O–H groups in total. The standard InChI is InChI=1S/C26H29F6NOS/c1-16(2)12-22(13-17(3)19(5)20-7-9-21(10-8-20)26(30,31)32)34-23(14-33-15-25(27,28)29)24-11-6-18(4)35-24/h6-13,23,33H,14-15H2,1-5H3/b19-17+,22-13+. The largest absolute Gasteiger partial charge is 0.484 e. The highest BCUT2D eigenvalue weighted by Crippen LogP contribution is 2.32. The Morgan fingerprint density at radius 3 is 2.06 bits per heavy atom. The molecule has 1 aromatic carbocycles. The third-order valence-electron chi connectivity index (χ3n) is 5.04. The van der Waals surface area contributed by atoms with Gasteiger partial charge in [0, 0.05) is 16.3 Å². The van der Waals surface area contributed by atoms with Crippen molar-refractivity contribution in [2.24, 2.45) is 0 Å². The first-order valence-corrected chi connectivity index (χ1v) is 11.7. The predicted octanol–water partition coefficient (Wildman–Crippen LogP) is 8.63. The van der Waals surface area contributed by atoms with Gasteiger partial charge >= 0.3 is 12.4 Å². The molecular formula is C26H29F6NOS. The Morgan fingerprint density at radius 2 is 1.57 bits per heavy atom. The van der Waals surface area contributed by atoms with Crippen molar-refractivity contribution in [3.63, 3.8) is 0 Å². The van der Waals surface area contributed by atoms with Gasteiger partial charge in [-0.15, -0.1) is 11.3 Å². The predicted molar refractivity (Wildman–Crippen MR) is 129 cm³/mol. The van der Waals surface area contributed by atoms with Crippen LogP contribution in [0, 0.1) is 6.92 Å². The van der Waals surface area contributed by atoms with Crippen molar-refractivity contribution in [3.8, 4) is 0 Å². The first-order chi connectivity index (χ1) is 16.2. The quantitative estimate of drug-likeness (QED) is 0.204. The molecule has 0 bridgehead atoms. The van der Waals surface area contributed by atoms with Gasteiger partial charge in [-0.1, -0.05) is 17.7 Å². The van der Waals surface area contributed by atoms with Gasteiger partial charge in [-0.05, 0) is 87.7 Å². The SMILES string of the molecule is CC(C)=C/C(=C\C(C)=C(/C)c1ccc(C(F)(F)F)cc1)OC(CNCC(F)(F)F)c1ccc(C)s1. The van der Waals surface area contributed by atoms with E-state index in [2.05, 4.69) is 5.32 Å². The number of rotatable bonds is 9. The number of allylic oxidation sites excluding steroid dienone is 5. The molecule has 0 amide bonds. The van der Waals surface area contributed by atoms with Crippen molar-refractivity contribution in [2.45, 2.75) is 53.1 Å². The Morgan fingerprint density at radius 1 is 0.943 bits per heavy atom. The fourth-order valence-electron chi connectivity index (χ4n) is 3.19. The molecule has 1 atom stereocenters. The molecule has 0 aliphatic carbocycles. The maximum Gasteiger partial charge on any atom is 0.416 e. The van der Waals surface area contributed by atoms with Gasteiger partial charge in [0.25, 0.3) is 0 Å². The van der Waals surface area contributed by atoms with E-state index in [1.165, 1.54) is 23.5 Å². The Kier molecular flexibility index (Phi) is 9.80. The zero-order valence-electron chi connectivity index (χ0n) is 20.2. The summed E-state index contributed by atoms with van der Waals surface area (Å²) in [6.07, 6.45) is -5.88. The second-order valence-electron chi connectivity index (χ2n) is 8.45. The smallest absolute Gasteiger partial charge is 0.416 e. The van der Waals surface area contributed by atoms with Crippen LogP contribution in [0.1, 0.15) is 54.7 Å². The molecule has 0 saturated carbocycles. The van der Waals surface area contributed by atoms with E-state index >= 15 is 0 Å². The zero-order chi connectivity index (χ0) is 26.4. The summed E-state index contributed by atoms with van der Waals surface area (Å²) in [6.45, 7) is 8.05. The molecule has 0 fully saturated rings. The monoisotopic (exact) mass is 517 g/mol. The number of hydrogen-bond acceptors (Lipinski definition) is 3. The van der Waals surface area contributed by atoms with Crippen LogP contribution >= 0.6 is 11.3 Å². The normalized spacial score (nSPS) is 14.4. The minimum Gasteiger partial charge on any atom is -0.484 e. The minimum absolute atomic E-state index is 0.0476. The van der Waals surface area contributed by atoms with E-state index in [0.29, 0.717) is 11.3 Å². The van der Waals surface area contributed by atoms with Crippen LogP contribution in [0.2, 0.25) is 0 Å². The van der Waals surface area contributed by atoms with Crippen LogP contribution in [0.5, 0.6) is 0 Å². The lowest BCUT2D eigenvalue weighted by Crippen LogP contribution is -2.32. The summed E-state index contributed by atoms with van der Waals surface area (Å²) in [5.41, 5.74) is 2.32. The van der Waals surface area contributed by atoms with E-state index in [4.69, 9.17) is 4.74 Å². The molecule has 192 valence electrons. The average Bonchev–Trinajstić information content (AvgIpc) is 3.16. The summed E-state index contributed by atoms with van der Waals surface area (Å²) in [7, 11) is 0. The van der Waals surface area contributed by atoms with Crippen molar-refractivity contribution >= 4 is 16.9 Å². The third kappa shape index (κ3) is 9.57. The van der Waals surface area contributed by atoms with E-state index in [1.54, 1.807) is 26.0 Å². The Labute approximate surface area is 206 Å². The van der Waals surface area contributed by atoms with Gasteiger partial charge in [0.15, 0.2) is 0 Å². The molecule has 0 aliphatic rings. The number of halogens is 6. The van der Waals surface area contributed by atoms with Gasteiger partial charge < -0.3 is 10.1 Å². The summed E-state index contributed by atoms with van der Waals surface area (Å²) in [4.78, 5) is 1.79. The number of thiophene rings is 1. The van der Waals surface area contributed by atoms with E-state index in [0.717, 1.165) is 38.6 Å². The molecule has 1 heterocycles. The second kappa shape index (κ2) is 11.9.